The third-order valence-electron chi connectivity index (χ3n) is 2.50. The molecule has 3 rings (SSSR count). The standard InChI is InChI=1S/C11H11N3S/c1-7(2)10-13-15-11-12-8-5-3-4-6-9(8)14(10)11/h3-7H,1-2H3. The molecule has 0 fully saturated rings. The molecule has 0 saturated heterocycles. The molecular formula is C11H11N3S. The minimum absolute atomic E-state index is 0.427. The van der Waals surface area contributed by atoms with Crippen LogP contribution in [-0.2, 0) is 0 Å². The van der Waals surface area contributed by atoms with Crippen LogP contribution in [0, 0.1) is 0 Å². The van der Waals surface area contributed by atoms with Crippen LogP contribution in [0.2, 0.25) is 0 Å². The maximum atomic E-state index is 4.54. The summed E-state index contributed by atoms with van der Waals surface area (Å²) in [6, 6.07) is 8.19. The molecule has 4 heteroatoms. The molecule has 3 aromatic rings. The molecule has 0 aliphatic rings. The van der Waals surface area contributed by atoms with Crippen molar-refractivity contribution in [2.24, 2.45) is 0 Å². The highest BCUT2D eigenvalue weighted by Crippen LogP contribution is 2.24. The summed E-state index contributed by atoms with van der Waals surface area (Å²) >= 11 is 1.47. The lowest BCUT2D eigenvalue weighted by atomic mass is 10.2. The molecule has 76 valence electrons. The lowest BCUT2D eigenvalue weighted by Crippen LogP contribution is -1.95. The molecule has 0 atom stereocenters. The van der Waals surface area contributed by atoms with Crippen LogP contribution in [0.5, 0.6) is 0 Å². The van der Waals surface area contributed by atoms with Gasteiger partial charge in [-0.15, -0.1) is 0 Å². The van der Waals surface area contributed by atoms with Gasteiger partial charge in [0.1, 0.15) is 5.82 Å². The van der Waals surface area contributed by atoms with Crippen molar-refractivity contribution in [2.45, 2.75) is 19.8 Å². The number of fused-ring (bicyclic) bond motifs is 3. The van der Waals surface area contributed by atoms with Gasteiger partial charge in [-0.05, 0) is 12.1 Å². The first-order chi connectivity index (χ1) is 7.27. The van der Waals surface area contributed by atoms with Gasteiger partial charge in [0.2, 0.25) is 4.96 Å². The lowest BCUT2D eigenvalue weighted by Gasteiger charge is -2.00. The van der Waals surface area contributed by atoms with Crippen molar-refractivity contribution in [1.82, 2.24) is 13.8 Å². The van der Waals surface area contributed by atoms with E-state index in [1.54, 1.807) is 0 Å². The molecule has 3 nitrogen and oxygen atoms in total. The number of imidazole rings is 1. The number of rotatable bonds is 1. The number of hydrogen-bond donors (Lipinski definition) is 0. The van der Waals surface area contributed by atoms with Gasteiger partial charge < -0.3 is 0 Å². The maximum Gasteiger partial charge on any atom is 0.214 e. The van der Waals surface area contributed by atoms with Crippen molar-refractivity contribution < 1.29 is 0 Å². The minimum Gasteiger partial charge on any atom is -0.269 e. The first-order valence-electron chi connectivity index (χ1n) is 5.00. The van der Waals surface area contributed by atoms with Crippen LogP contribution >= 0.6 is 11.5 Å². The van der Waals surface area contributed by atoms with Crippen LogP contribution < -0.4 is 0 Å². The number of benzene rings is 1. The quantitative estimate of drug-likeness (QED) is 0.627. The van der Waals surface area contributed by atoms with Gasteiger partial charge in [0.05, 0.1) is 11.0 Å². The Morgan fingerprint density at radius 1 is 1.27 bits per heavy atom. The van der Waals surface area contributed by atoms with Crippen molar-refractivity contribution in [1.29, 1.82) is 0 Å². The third kappa shape index (κ3) is 1.18. The Balaban J connectivity index is 2.49. The average Bonchev–Trinajstić information content (AvgIpc) is 2.74. The fourth-order valence-electron chi connectivity index (χ4n) is 1.78. The minimum atomic E-state index is 0.427. The fraction of sp³-hybridized carbons (Fsp3) is 0.273. The van der Waals surface area contributed by atoms with Crippen molar-refractivity contribution >= 4 is 27.5 Å². The summed E-state index contributed by atoms with van der Waals surface area (Å²) < 4.78 is 6.60. The van der Waals surface area contributed by atoms with E-state index in [1.807, 2.05) is 18.2 Å². The Kier molecular flexibility index (Phi) is 1.79. The van der Waals surface area contributed by atoms with Crippen LogP contribution in [0.1, 0.15) is 25.6 Å². The van der Waals surface area contributed by atoms with E-state index in [0.717, 1.165) is 21.8 Å². The summed E-state index contributed by atoms with van der Waals surface area (Å²) in [6.45, 7) is 4.31. The maximum absolute atomic E-state index is 4.54. The zero-order valence-electron chi connectivity index (χ0n) is 8.64. The fourth-order valence-corrected chi connectivity index (χ4v) is 2.66. The summed E-state index contributed by atoms with van der Waals surface area (Å²) in [5, 5.41) is 0. The van der Waals surface area contributed by atoms with Crippen molar-refractivity contribution in [3.05, 3.63) is 30.1 Å². The first-order valence-corrected chi connectivity index (χ1v) is 5.77. The molecule has 0 unspecified atom stereocenters. The zero-order valence-corrected chi connectivity index (χ0v) is 9.45. The number of aromatic nitrogens is 3. The van der Waals surface area contributed by atoms with E-state index in [9.17, 15) is 0 Å². The molecule has 0 spiro atoms. The highest BCUT2D eigenvalue weighted by molar-refractivity contribution is 7.11. The molecule has 2 heterocycles. The summed E-state index contributed by atoms with van der Waals surface area (Å²) in [5.74, 6) is 1.53. The van der Waals surface area contributed by atoms with Crippen molar-refractivity contribution in [3.8, 4) is 0 Å². The second-order valence-corrected chi connectivity index (χ2v) is 4.64. The average molecular weight is 217 g/mol. The lowest BCUT2D eigenvalue weighted by molar-refractivity contribution is 0.784. The van der Waals surface area contributed by atoms with Gasteiger partial charge in [0, 0.05) is 17.5 Å². The molecule has 0 saturated carbocycles. The largest absolute Gasteiger partial charge is 0.269 e. The molecular weight excluding hydrogens is 206 g/mol. The molecule has 1 aromatic carbocycles. The molecule has 0 N–H and O–H groups in total. The van der Waals surface area contributed by atoms with Crippen molar-refractivity contribution in [3.63, 3.8) is 0 Å². The van der Waals surface area contributed by atoms with Crippen LogP contribution in [0.15, 0.2) is 24.3 Å². The normalized spacial score (nSPS) is 11.9. The molecule has 2 aromatic heterocycles. The summed E-state index contributed by atoms with van der Waals surface area (Å²) in [6.07, 6.45) is 0. The third-order valence-corrected chi connectivity index (χ3v) is 3.21. The molecule has 0 aliphatic heterocycles. The summed E-state index contributed by atoms with van der Waals surface area (Å²) in [5.41, 5.74) is 2.21. The second-order valence-electron chi connectivity index (χ2n) is 3.91. The van der Waals surface area contributed by atoms with E-state index < -0.39 is 0 Å². The van der Waals surface area contributed by atoms with E-state index in [2.05, 4.69) is 33.7 Å². The molecule has 0 amide bonds. The van der Waals surface area contributed by atoms with Crippen LogP contribution in [0.3, 0.4) is 0 Å². The van der Waals surface area contributed by atoms with E-state index in [4.69, 9.17) is 0 Å². The van der Waals surface area contributed by atoms with Gasteiger partial charge in [-0.25, -0.2) is 4.98 Å². The van der Waals surface area contributed by atoms with Gasteiger partial charge in [0.15, 0.2) is 0 Å². The van der Waals surface area contributed by atoms with Crippen molar-refractivity contribution in [2.75, 3.05) is 0 Å². The van der Waals surface area contributed by atoms with Gasteiger partial charge in [-0.3, -0.25) is 4.40 Å². The topological polar surface area (TPSA) is 30.2 Å². The number of hydrogen-bond acceptors (Lipinski definition) is 3. The number of nitrogens with zero attached hydrogens (tertiary/aromatic N) is 3. The van der Waals surface area contributed by atoms with Gasteiger partial charge in [-0.1, -0.05) is 26.0 Å². The van der Waals surface area contributed by atoms with Gasteiger partial charge >= 0.3 is 0 Å². The van der Waals surface area contributed by atoms with E-state index >= 15 is 0 Å². The van der Waals surface area contributed by atoms with Gasteiger partial charge in [-0.2, -0.15) is 4.37 Å². The number of para-hydroxylation sites is 2. The Bertz CT molecular complexity index is 621. The summed E-state index contributed by atoms with van der Waals surface area (Å²) in [4.78, 5) is 5.52. The van der Waals surface area contributed by atoms with Crippen LogP contribution in [-0.4, -0.2) is 13.8 Å². The van der Waals surface area contributed by atoms with Gasteiger partial charge in [0.25, 0.3) is 0 Å². The van der Waals surface area contributed by atoms with E-state index in [-0.39, 0.29) is 0 Å². The van der Waals surface area contributed by atoms with Crippen LogP contribution in [0.4, 0.5) is 0 Å². The molecule has 0 aliphatic carbocycles. The predicted octanol–water partition coefficient (Wildman–Crippen LogP) is 3.07. The Morgan fingerprint density at radius 2 is 2.07 bits per heavy atom. The zero-order chi connectivity index (χ0) is 10.4. The van der Waals surface area contributed by atoms with E-state index in [1.165, 1.54) is 11.5 Å². The van der Waals surface area contributed by atoms with E-state index in [0.29, 0.717) is 5.92 Å². The Hall–Kier alpha value is -1.42. The predicted molar refractivity (Wildman–Crippen MR) is 62.5 cm³/mol. The SMILES string of the molecule is CC(C)c1nsc2nc3ccccc3n12. The summed E-state index contributed by atoms with van der Waals surface area (Å²) in [7, 11) is 0. The first kappa shape index (κ1) is 8.85. The second kappa shape index (κ2) is 3.03. The molecule has 0 radical (unpaired) electrons. The van der Waals surface area contributed by atoms with Crippen LogP contribution in [0.25, 0.3) is 16.0 Å². The highest BCUT2D eigenvalue weighted by atomic mass is 32.1. The molecule has 0 bridgehead atoms. The Labute approximate surface area is 91.5 Å². The smallest absolute Gasteiger partial charge is 0.214 e. The Morgan fingerprint density at radius 3 is 2.87 bits per heavy atom. The highest BCUT2D eigenvalue weighted by Gasteiger charge is 2.13. The monoisotopic (exact) mass is 217 g/mol. The molecule has 15 heavy (non-hydrogen) atoms.